The normalized spacial score (nSPS) is 17.2. The van der Waals surface area contributed by atoms with E-state index in [0.29, 0.717) is 18.6 Å². The Hall–Kier alpha value is -1.22. The van der Waals surface area contributed by atoms with Crippen LogP contribution in [0.25, 0.3) is 0 Å². The molecule has 0 aromatic heterocycles. The van der Waals surface area contributed by atoms with E-state index in [-0.39, 0.29) is 24.0 Å². The minimum atomic E-state index is 0. The molecule has 2 N–H and O–H groups in total. The van der Waals surface area contributed by atoms with Gasteiger partial charge in [0.2, 0.25) is 0 Å². The Morgan fingerprint density at radius 3 is 2.71 bits per heavy atom. The van der Waals surface area contributed by atoms with E-state index in [1.165, 1.54) is 31.5 Å². The molecule has 2 rings (SSSR count). The van der Waals surface area contributed by atoms with Crippen LogP contribution in [0.15, 0.2) is 23.2 Å². The molecule has 0 radical (unpaired) electrons. The van der Waals surface area contributed by atoms with Crippen molar-refractivity contribution < 1.29 is 9.47 Å². The molecule has 0 bridgehead atoms. The molecule has 178 valence electrons. The van der Waals surface area contributed by atoms with Gasteiger partial charge >= 0.3 is 0 Å². The highest BCUT2D eigenvalue weighted by Crippen LogP contribution is 2.28. The van der Waals surface area contributed by atoms with Gasteiger partial charge in [0.15, 0.2) is 17.5 Å². The van der Waals surface area contributed by atoms with Crippen molar-refractivity contribution in [1.29, 1.82) is 0 Å². The molecule has 7 heteroatoms. The number of aryl methyl sites for hydroxylation is 1. The Kier molecular flexibility index (Phi) is 14.0. The van der Waals surface area contributed by atoms with Gasteiger partial charge in [0, 0.05) is 32.2 Å². The number of likely N-dealkylation sites (tertiary alicyclic amines) is 1. The largest absolute Gasteiger partial charge is 0.493 e. The lowest BCUT2D eigenvalue weighted by molar-refractivity contribution is 0.143. The van der Waals surface area contributed by atoms with Gasteiger partial charge < -0.3 is 25.0 Å². The minimum absolute atomic E-state index is 0. The summed E-state index contributed by atoms with van der Waals surface area (Å²) >= 11 is 0. The Labute approximate surface area is 206 Å². The van der Waals surface area contributed by atoms with Crippen molar-refractivity contribution in [2.75, 3.05) is 46.4 Å². The molecule has 31 heavy (non-hydrogen) atoms. The van der Waals surface area contributed by atoms with E-state index < -0.39 is 0 Å². The predicted octanol–water partition coefficient (Wildman–Crippen LogP) is 4.32. The summed E-state index contributed by atoms with van der Waals surface area (Å²) in [5.41, 5.74) is 1.26. The van der Waals surface area contributed by atoms with Gasteiger partial charge in [-0.2, -0.15) is 0 Å². The monoisotopic (exact) mass is 546 g/mol. The first-order chi connectivity index (χ1) is 14.6. The van der Waals surface area contributed by atoms with Crippen molar-refractivity contribution in [2.24, 2.45) is 10.9 Å². The fraction of sp³-hybridized carbons (Fsp3) is 0.708. The number of piperidine rings is 1. The van der Waals surface area contributed by atoms with Crippen LogP contribution in [0.5, 0.6) is 11.5 Å². The highest BCUT2D eigenvalue weighted by atomic mass is 127. The SMILES string of the molecule is CCNC(=NCC1CCCN(C(C)C)C1)NCCCc1ccc(OC)c(OCC)c1.I. The highest BCUT2D eigenvalue weighted by Gasteiger charge is 2.21. The Bertz CT molecular complexity index is 654. The van der Waals surface area contributed by atoms with Crippen LogP contribution >= 0.6 is 24.0 Å². The van der Waals surface area contributed by atoms with Gasteiger partial charge in [-0.25, -0.2) is 0 Å². The van der Waals surface area contributed by atoms with Gasteiger partial charge in [-0.1, -0.05) is 6.07 Å². The number of aliphatic imine (C=N–C) groups is 1. The summed E-state index contributed by atoms with van der Waals surface area (Å²) in [5.74, 6) is 3.21. The Morgan fingerprint density at radius 1 is 1.23 bits per heavy atom. The van der Waals surface area contributed by atoms with Crippen LogP contribution in [-0.2, 0) is 6.42 Å². The molecule has 1 aromatic rings. The zero-order valence-corrected chi connectivity index (χ0v) is 22.4. The average molecular weight is 547 g/mol. The number of rotatable bonds is 11. The average Bonchev–Trinajstić information content (AvgIpc) is 2.75. The third-order valence-corrected chi connectivity index (χ3v) is 5.60. The topological polar surface area (TPSA) is 58.1 Å². The molecule has 1 heterocycles. The summed E-state index contributed by atoms with van der Waals surface area (Å²) in [7, 11) is 1.68. The van der Waals surface area contributed by atoms with E-state index in [1.54, 1.807) is 7.11 Å². The van der Waals surface area contributed by atoms with E-state index in [2.05, 4.69) is 48.4 Å². The van der Waals surface area contributed by atoms with Gasteiger partial charge in [0.05, 0.1) is 13.7 Å². The lowest BCUT2D eigenvalue weighted by Crippen LogP contribution is -2.42. The summed E-state index contributed by atoms with van der Waals surface area (Å²) < 4.78 is 11.1. The third-order valence-electron chi connectivity index (χ3n) is 5.60. The van der Waals surface area contributed by atoms with Crippen molar-refractivity contribution in [3.63, 3.8) is 0 Å². The molecule has 6 nitrogen and oxygen atoms in total. The van der Waals surface area contributed by atoms with Crippen molar-refractivity contribution in [2.45, 2.75) is 59.4 Å². The van der Waals surface area contributed by atoms with Crippen LogP contribution in [0.3, 0.4) is 0 Å². The minimum Gasteiger partial charge on any atom is -0.493 e. The second-order valence-electron chi connectivity index (χ2n) is 8.27. The highest BCUT2D eigenvalue weighted by molar-refractivity contribution is 14.0. The second-order valence-corrected chi connectivity index (χ2v) is 8.27. The summed E-state index contributed by atoms with van der Waals surface area (Å²) in [6.07, 6.45) is 4.59. The van der Waals surface area contributed by atoms with Gasteiger partial charge in [-0.05, 0) is 83.5 Å². The molecule has 1 unspecified atom stereocenters. The second kappa shape index (κ2) is 15.6. The van der Waals surface area contributed by atoms with Crippen LogP contribution in [0.1, 0.15) is 52.5 Å². The number of halogens is 1. The molecule has 1 aliphatic rings. The molecular weight excluding hydrogens is 503 g/mol. The first-order valence-electron chi connectivity index (χ1n) is 11.6. The van der Waals surface area contributed by atoms with Crippen molar-refractivity contribution in [3.8, 4) is 11.5 Å². The van der Waals surface area contributed by atoms with Crippen LogP contribution < -0.4 is 20.1 Å². The number of nitrogens with one attached hydrogen (secondary N) is 2. The Morgan fingerprint density at radius 2 is 2.03 bits per heavy atom. The molecule has 0 amide bonds. The zero-order chi connectivity index (χ0) is 21.8. The summed E-state index contributed by atoms with van der Waals surface area (Å²) in [6, 6.07) is 6.82. The van der Waals surface area contributed by atoms with Gasteiger partial charge in [0.1, 0.15) is 0 Å². The molecule has 1 atom stereocenters. The summed E-state index contributed by atoms with van der Waals surface area (Å²) in [4.78, 5) is 7.45. The summed E-state index contributed by atoms with van der Waals surface area (Å²) in [6.45, 7) is 14.4. The first kappa shape index (κ1) is 27.8. The molecule has 1 aromatic carbocycles. The van der Waals surface area contributed by atoms with Crippen LogP contribution in [0.4, 0.5) is 0 Å². The molecule has 1 saturated heterocycles. The zero-order valence-electron chi connectivity index (χ0n) is 20.1. The maximum Gasteiger partial charge on any atom is 0.191 e. The number of benzene rings is 1. The van der Waals surface area contributed by atoms with Gasteiger partial charge in [0.25, 0.3) is 0 Å². The third kappa shape index (κ3) is 9.85. The van der Waals surface area contributed by atoms with Crippen molar-refractivity contribution in [3.05, 3.63) is 23.8 Å². The van der Waals surface area contributed by atoms with Crippen molar-refractivity contribution in [1.82, 2.24) is 15.5 Å². The number of ether oxygens (including phenoxy) is 2. The predicted molar refractivity (Wildman–Crippen MR) is 141 cm³/mol. The standard InChI is InChI=1S/C24H42N4O2.HI/c1-6-25-24(27-17-21-11-9-15-28(18-21)19(3)4)26-14-8-10-20-12-13-22(29-5)23(16-20)30-7-2;/h12-13,16,19,21H,6-11,14-15,17-18H2,1-5H3,(H2,25,26,27);1H. The molecule has 0 saturated carbocycles. The van der Waals surface area contributed by atoms with E-state index in [1.807, 2.05) is 13.0 Å². The van der Waals surface area contributed by atoms with Gasteiger partial charge in [-0.15, -0.1) is 24.0 Å². The van der Waals surface area contributed by atoms with Crippen LogP contribution in [0.2, 0.25) is 0 Å². The van der Waals surface area contributed by atoms with E-state index in [4.69, 9.17) is 14.5 Å². The molecule has 0 spiro atoms. The molecule has 1 fully saturated rings. The fourth-order valence-corrected chi connectivity index (χ4v) is 3.92. The quantitative estimate of drug-likeness (QED) is 0.188. The van der Waals surface area contributed by atoms with Crippen LogP contribution in [-0.4, -0.2) is 63.3 Å². The number of methoxy groups -OCH3 is 1. The maximum absolute atomic E-state index is 5.68. The summed E-state index contributed by atoms with van der Waals surface area (Å²) in [5, 5.41) is 6.88. The Balaban J connectivity index is 0.00000480. The maximum atomic E-state index is 5.68. The lowest BCUT2D eigenvalue weighted by atomic mass is 9.97. The molecule has 0 aliphatic carbocycles. The number of hydrogen-bond acceptors (Lipinski definition) is 4. The number of hydrogen-bond donors (Lipinski definition) is 2. The van der Waals surface area contributed by atoms with Crippen molar-refractivity contribution >= 4 is 29.9 Å². The van der Waals surface area contributed by atoms with E-state index >= 15 is 0 Å². The smallest absolute Gasteiger partial charge is 0.191 e. The fourth-order valence-electron chi connectivity index (χ4n) is 3.92. The van der Waals surface area contributed by atoms with E-state index in [0.717, 1.165) is 49.9 Å². The molecular formula is C24H43IN4O2. The number of nitrogens with zero attached hydrogens (tertiary/aromatic N) is 2. The van der Waals surface area contributed by atoms with E-state index in [9.17, 15) is 0 Å². The lowest BCUT2D eigenvalue weighted by Gasteiger charge is -2.34. The number of guanidine groups is 1. The first-order valence-corrected chi connectivity index (χ1v) is 11.6. The van der Waals surface area contributed by atoms with Gasteiger partial charge in [-0.3, -0.25) is 4.99 Å². The molecule has 1 aliphatic heterocycles. The van der Waals surface area contributed by atoms with Crippen LogP contribution in [0, 0.1) is 5.92 Å².